The van der Waals surface area contributed by atoms with Gasteiger partial charge in [-0.15, -0.1) is 0 Å². The highest BCUT2D eigenvalue weighted by molar-refractivity contribution is 5.68. The second-order valence-electron chi connectivity index (χ2n) is 3.57. The fraction of sp³-hybridized carbons (Fsp3) is 0.600. The highest BCUT2D eigenvalue weighted by atomic mass is 16.5. The first-order valence-corrected chi connectivity index (χ1v) is 5.42. The first-order valence-electron chi connectivity index (χ1n) is 5.42. The first-order chi connectivity index (χ1) is 8.10. The number of nitrogen functional groups attached to an aromatic ring is 1. The standard InChI is InChI=1S/C10H19N5O2/c1-4-17-9-7(11)8(12-5-6-16)13-10(14-9)15(2)3/h16H,4-6,11H2,1-3H3,(H,12,13,14). The largest absolute Gasteiger partial charge is 0.476 e. The molecule has 1 heterocycles. The summed E-state index contributed by atoms with van der Waals surface area (Å²) in [5.41, 5.74) is 6.22. The fourth-order valence-electron chi connectivity index (χ4n) is 1.19. The normalized spacial score (nSPS) is 10.1. The lowest BCUT2D eigenvalue weighted by Gasteiger charge is -2.16. The van der Waals surface area contributed by atoms with Gasteiger partial charge in [0.25, 0.3) is 0 Å². The van der Waals surface area contributed by atoms with E-state index < -0.39 is 0 Å². The van der Waals surface area contributed by atoms with Gasteiger partial charge in [-0.25, -0.2) is 0 Å². The minimum Gasteiger partial charge on any atom is -0.476 e. The molecule has 0 aliphatic heterocycles. The van der Waals surface area contributed by atoms with Crippen LogP contribution in [0.1, 0.15) is 6.92 Å². The maximum absolute atomic E-state index is 8.78. The van der Waals surface area contributed by atoms with E-state index in [1.807, 2.05) is 21.0 Å². The molecule has 7 heteroatoms. The molecule has 0 bridgehead atoms. The van der Waals surface area contributed by atoms with Gasteiger partial charge in [-0.1, -0.05) is 0 Å². The number of aromatic nitrogens is 2. The highest BCUT2D eigenvalue weighted by Gasteiger charge is 2.13. The number of nitrogens with two attached hydrogens (primary N) is 1. The van der Waals surface area contributed by atoms with Gasteiger partial charge in [0.05, 0.1) is 13.2 Å². The van der Waals surface area contributed by atoms with Crippen LogP contribution in [-0.2, 0) is 0 Å². The van der Waals surface area contributed by atoms with Gasteiger partial charge in [0.15, 0.2) is 5.82 Å². The van der Waals surface area contributed by atoms with Crippen molar-refractivity contribution in [3.05, 3.63) is 0 Å². The summed E-state index contributed by atoms with van der Waals surface area (Å²) in [7, 11) is 3.66. The Morgan fingerprint density at radius 3 is 2.65 bits per heavy atom. The number of rotatable bonds is 6. The first kappa shape index (κ1) is 13.3. The molecule has 17 heavy (non-hydrogen) atoms. The number of ether oxygens (including phenoxy) is 1. The molecule has 0 saturated carbocycles. The lowest BCUT2D eigenvalue weighted by Crippen LogP contribution is -2.17. The molecule has 7 nitrogen and oxygen atoms in total. The topological polar surface area (TPSA) is 96.5 Å². The van der Waals surface area contributed by atoms with Gasteiger partial charge in [-0.05, 0) is 6.92 Å². The average Bonchev–Trinajstić information content (AvgIpc) is 2.30. The Labute approximate surface area is 101 Å². The van der Waals surface area contributed by atoms with Crippen LogP contribution in [0.5, 0.6) is 5.88 Å². The summed E-state index contributed by atoms with van der Waals surface area (Å²) in [5.74, 6) is 1.33. The van der Waals surface area contributed by atoms with Gasteiger partial charge < -0.3 is 25.8 Å². The van der Waals surface area contributed by atoms with Crippen molar-refractivity contribution in [1.82, 2.24) is 9.97 Å². The zero-order valence-corrected chi connectivity index (χ0v) is 10.4. The van der Waals surface area contributed by atoms with Crippen molar-refractivity contribution in [3.8, 4) is 5.88 Å². The number of hydrogen-bond donors (Lipinski definition) is 3. The zero-order chi connectivity index (χ0) is 12.8. The third-order valence-electron chi connectivity index (χ3n) is 1.98. The van der Waals surface area contributed by atoms with E-state index in [1.54, 1.807) is 4.90 Å². The van der Waals surface area contributed by atoms with Crippen molar-refractivity contribution >= 4 is 17.5 Å². The maximum Gasteiger partial charge on any atom is 0.244 e. The number of hydrogen-bond acceptors (Lipinski definition) is 7. The minimum atomic E-state index is 0.00467. The Hall–Kier alpha value is -1.76. The van der Waals surface area contributed by atoms with Crippen molar-refractivity contribution in [2.45, 2.75) is 6.92 Å². The van der Waals surface area contributed by atoms with Gasteiger partial charge in [0.1, 0.15) is 5.69 Å². The van der Waals surface area contributed by atoms with Crippen molar-refractivity contribution in [3.63, 3.8) is 0 Å². The van der Waals surface area contributed by atoms with Gasteiger partial charge in [-0.3, -0.25) is 0 Å². The van der Waals surface area contributed by atoms with Crippen LogP contribution in [0.4, 0.5) is 17.5 Å². The maximum atomic E-state index is 8.78. The molecule has 0 radical (unpaired) electrons. The van der Waals surface area contributed by atoms with E-state index in [4.69, 9.17) is 15.6 Å². The highest BCUT2D eigenvalue weighted by Crippen LogP contribution is 2.28. The van der Waals surface area contributed by atoms with Gasteiger partial charge in [0, 0.05) is 20.6 Å². The number of nitrogens with zero attached hydrogens (tertiary/aromatic N) is 3. The van der Waals surface area contributed by atoms with Crippen molar-refractivity contribution in [1.29, 1.82) is 0 Å². The fourth-order valence-corrected chi connectivity index (χ4v) is 1.19. The van der Waals surface area contributed by atoms with Gasteiger partial charge in [-0.2, -0.15) is 9.97 Å². The van der Waals surface area contributed by atoms with Crippen LogP contribution < -0.4 is 20.7 Å². The predicted octanol–water partition coefficient (Wildman–Crippen LogP) is -0.0723. The van der Waals surface area contributed by atoms with E-state index in [-0.39, 0.29) is 6.61 Å². The third-order valence-corrected chi connectivity index (χ3v) is 1.98. The smallest absolute Gasteiger partial charge is 0.244 e. The van der Waals surface area contributed by atoms with E-state index in [0.717, 1.165) is 0 Å². The van der Waals surface area contributed by atoms with Crippen LogP contribution in [0.25, 0.3) is 0 Å². The summed E-state index contributed by atoms with van der Waals surface area (Å²) in [6.07, 6.45) is 0. The Morgan fingerprint density at radius 2 is 2.12 bits per heavy atom. The Morgan fingerprint density at radius 1 is 1.41 bits per heavy atom. The van der Waals surface area contributed by atoms with E-state index in [9.17, 15) is 0 Å². The number of nitrogens with one attached hydrogen (secondary N) is 1. The average molecular weight is 241 g/mol. The van der Waals surface area contributed by atoms with Crippen molar-refractivity contribution in [2.75, 3.05) is 49.8 Å². The Bertz CT molecular complexity index is 370. The Kier molecular flexibility index (Phi) is 4.77. The molecule has 0 unspecified atom stereocenters. The van der Waals surface area contributed by atoms with Gasteiger partial charge in [0.2, 0.25) is 11.8 Å². The summed E-state index contributed by atoms with van der Waals surface area (Å²) < 4.78 is 5.34. The monoisotopic (exact) mass is 241 g/mol. The van der Waals surface area contributed by atoms with Gasteiger partial charge >= 0.3 is 0 Å². The van der Waals surface area contributed by atoms with E-state index in [0.29, 0.717) is 36.5 Å². The summed E-state index contributed by atoms with van der Waals surface area (Å²) in [5, 5.41) is 11.7. The Balaban J connectivity index is 3.08. The van der Waals surface area contributed by atoms with Crippen LogP contribution >= 0.6 is 0 Å². The molecule has 4 N–H and O–H groups in total. The van der Waals surface area contributed by atoms with Crippen molar-refractivity contribution in [2.24, 2.45) is 0 Å². The van der Waals surface area contributed by atoms with Crippen LogP contribution in [-0.4, -0.2) is 48.9 Å². The third kappa shape index (κ3) is 3.35. The molecule has 0 aliphatic rings. The molecule has 0 amide bonds. The molecule has 1 rings (SSSR count). The molecule has 1 aromatic rings. The SMILES string of the molecule is CCOc1nc(N(C)C)nc(NCCO)c1N. The number of aliphatic hydroxyl groups excluding tert-OH is 1. The number of aliphatic hydroxyl groups is 1. The van der Waals surface area contributed by atoms with Crippen LogP contribution in [0.3, 0.4) is 0 Å². The van der Waals surface area contributed by atoms with Crippen LogP contribution in [0.2, 0.25) is 0 Å². The summed E-state index contributed by atoms with van der Waals surface area (Å²) in [6.45, 7) is 2.72. The molecule has 1 aromatic heterocycles. The van der Waals surface area contributed by atoms with Crippen molar-refractivity contribution < 1.29 is 9.84 Å². The van der Waals surface area contributed by atoms with E-state index >= 15 is 0 Å². The molecular formula is C10H19N5O2. The summed E-state index contributed by atoms with van der Waals surface area (Å²) >= 11 is 0. The summed E-state index contributed by atoms with van der Waals surface area (Å²) in [6, 6.07) is 0. The molecule has 0 aliphatic carbocycles. The van der Waals surface area contributed by atoms with Crippen LogP contribution in [0, 0.1) is 0 Å². The minimum absolute atomic E-state index is 0.00467. The molecule has 96 valence electrons. The zero-order valence-electron chi connectivity index (χ0n) is 10.4. The second kappa shape index (κ2) is 6.09. The van der Waals surface area contributed by atoms with E-state index in [1.165, 1.54) is 0 Å². The lowest BCUT2D eigenvalue weighted by molar-refractivity contribution is 0.310. The molecule has 0 spiro atoms. The summed E-state index contributed by atoms with van der Waals surface area (Å²) in [4.78, 5) is 10.2. The molecule has 0 atom stereocenters. The molecular weight excluding hydrogens is 222 g/mol. The predicted molar refractivity (Wildman–Crippen MR) is 67.5 cm³/mol. The molecule has 0 fully saturated rings. The lowest BCUT2D eigenvalue weighted by atomic mass is 10.4. The quantitative estimate of drug-likeness (QED) is 0.641. The second-order valence-corrected chi connectivity index (χ2v) is 3.57. The molecule has 0 saturated heterocycles. The molecule has 0 aromatic carbocycles. The van der Waals surface area contributed by atoms with Crippen LogP contribution in [0.15, 0.2) is 0 Å². The number of anilines is 3. The van der Waals surface area contributed by atoms with E-state index in [2.05, 4.69) is 15.3 Å².